The second-order valence-electron chi connectivity index (χ2n) is 3.41. The number of rotatable bonds is 6. The number of hydrogen-bond acceptors (Lipinski definition) is 5. The summed E-state index contributed by atoms with van der Waals surface area (Å²) < 4.78 is 6.15. The minimum absolute atomic E-state index is 0.869. The van der Waals surface area contributed by atoms with Gasteiger partial charge in [-0.1, -0.05) is 11.8 Å². The fraction of sp³-hybridized carbons (Fsp3) is 0.364. The highest BCUT2D eigenvalue weighted by atomic mass is 32.2. The van der Waals surface area contributed by atoms with E-state index in [1.807, 2.05) is 13.0 Å². The summed E-state index contributed by atoms with van der Waals surface area (Å²) in [6.45, 7) is 3.88. The molecule has 0 aromatic carbocycles. The maximum atomic E-state index is 4.99. The highest BCUT2D eigenvalue weighted by Crippen LogP contribution is 2.21. The third-order valence-corrected chi connectivity index (χ3v) is 4.15. The molecule has 0 amide bonds. The maximum Gasteiger partial charge on any atom is 0.150 e. The van der Waals surface area contributed by atoms with Gasteiger partial charge >= 0.3 is 0 Å². The van der Waals surface area contributed by atoms with Crippen LogP contribution in [0.25, 0.3) is 0 Å². The van der Waals surface area contributed by atoms with E-state index in [2.05, 4.69) is 15.7 Å². The molecule has 0 fully saturated rings. The Bertz CT molecular complexity index is 411. The molecule has 0 unspecified atom stereocenters. The van der Waals surface area contributed by atoms with E-state index >= 15 is 0 Å². The maximum absolute atomic E-state index is 4.99. The molecule has 0 saturated heterocycles. The number of nitrogens with one attached hydrogen (secondary N) is 1. The van der Waals surface area contributed by atoms with Gasteiger partial charge in [-0.2, -0.15) is 0 Å². The largest absolute Gasteiger partial charge is 0.472 e. The molecule has 0 aliphatic rings. The Labute approximate surface area is 103 Å². The fourth-order valence-electron chi connectivity index (χ4n) is 1.24. The highest BCUT2D eigenvalue weighted by Gasteiger charge is 1.99. The van der Waals surface area contributed by atoms with E-state index in [1.54, 1.807) is 35.6 Å². The second kappa shape index (κ2) is 6.08. The molecule has 86 valence electrons. The molecule has 0 aliphatic heterocycles. The number of hydrogen-bond donors (Lipinski definition) is 1. The zero-order valence-corrected chi connectivity index (χ0v) is 10.7. The Morgan fingerprint density at radius 2 is 2.50 bits per heavy atom. The van der Waals surface area contributed by atoms with Crippen LogP contribution in [-0.2, 0) is 6.54 Å². The number of nitrogens with zero attached hydrogens (tertiary/aromatic N) is 1. The quantitative estimate of drug-likeness (QED) is 0.635. The average Bonchev–Trinajstić information content (AvgIpc) is 2.89. The van der Waals surface area contributed by atoms with Crippen molar-refractivity contribution in [2.75, 3.05) is 12.3 Å². The van der Waals surface area contributed by atoms with Crippen LogP contribution in [0, 0.1) is 6.92 Å². The van der Waals surface area contributed by atoms with E-state index in [0.717, 1.165) is 28.9 Å². The summed E-state index contributed by atoms with van der Waals surface area (Å²) in [7, 11) is 0. The number of thiazole rings is 1. The predicted molar refractivity (Wildman–Crippen MR) is 68.0 cm³/mol. The first kappa shape index (κ1) is 11.7. The van der Waals surface area contributed by atoms with Gasteiger partial charge in [-0.05, 0) is 13.0 Å². The van der Waals surface area contributed by atoms with E-state index in [9.17, 15) is 0 Å². The summed E-state index contributed by atoms with van der Waals surface area (Å²) in [6, 6.07) is 1.98. The summed E-state index contributed by atoms with van der Waals surface area (Å²) in [5.74, 6) is 1.05. The monoisotopic (exact) mass is 254 g/mol. The Kier molecular flexibility index (Phi) is 4.44. The number of thioether (sulfide) groups is 1. The van der Waals surface area contributed by atoms with Crippen molar-refractivity contribution in [2.24, 2.45) is 0 Å². The molecule has 0 spiro atoms. The van der Waals surface area contributed by atoms with Gasteiger partial charge < -0.3 is 9.73 Å². The number of aromatic nitrogens is 1. The molecule has 2 aromatic rings. The molecule has 5 heteroatoms. The summed E-state index contributed by atoms with van der Waals surface area (Å²) in [6.07, 6.45) is 3.47. The SMILES string of the molecule is Cc1csc(SCCNCc2ccoc2)n1. The lowest BCUT2D eigenvalue weighted by atomic mass is 10.3. The van der Waals surface area contributed by atoms with Crippen molar-refractivity contribution in [3.05, 3.63) is 35.2 Å². The van der Waals surface area contributed by atoms with Crippen LogP contribution in [0.1, 0.15) is 11.3 Å². The summed E-state index contributed by atoms with van der Waals surface area (Å²) in [5.41, 5.74) is 2.30. The first-order valence-electron chi connectivity index (χ1n) is 5.11. The lowest BCUT2D eigenvalue weighted by molar-refractivity contribution is 0.561. The van der Waals surface area contributed by atoms with Gasteiger partial charge in [-0.15, -0.1) is 11.3 Å². The Hall–Kier alpha value is -0.780. The summed E-state index contributed by atoms with van der Waals surface area (Å²) in [4.78, 5) is 4.40. The zero-order chi connectivity index (χ0) is 11.2. The van der Waals surface area contributed by atoms with E-state index in [-0.39, 0.29) is 0 Å². The predicted octanol–water partition coefficient (Wildman–Crippen LogP) is 2.93. The molecule has 0 atom stereocenters. The van der Waals surface area contributed by atoms with Crippen molar-refractivity contribution >= 4 is 23.1 Å². The molecular weight excluding hydrogens is 240 g/mol. The minimum Gasteiger partial charge on any atom is -0.472 e. The third-order valence-electron chi connectivity index (χ3n) is 2.01. The third kappa shape index (κ3) is 3.66. The van der Waals surface area contributed by atoms with Crippen molar-refractivity contribution in [1.29, 1.82) is 0 Å². The van der Waals surface area contributed by atoms with Gasteiger partial charge in [0.15, 0.2) is 0 Å². The second-order valence-corrected chi connectivity index (χ2v) is 5.61. The van der Waals surface area contributed by atoms with Gasteiger partial charge in [0.05, 0.1) is 12.5 Å². The molecule has 0 aliphatic carbocycles. The van der Waals surface area contributed by atoms with Gasteiger partial charge in [0.2, 0.25) is 0 Å². The molecule has 2 aromatic heterocycles. The van der Waals surface area contributed by atoms with Crippen molar-refractivity contribution < 1.29 is 4.42 Å². The van der Waals surface area contributed by atoms with E-state index in [4.69, 9.17) is 4.42 Å². The number of aryl methyl sites for hydroxylation is 1. The average molecular weight is 254 g/mol. The highest BCUT2D eigenvalue weighted by molar-refractivity contribution is 8.01. The van der Waals surface area contributed by atoms with Crippen LogP contribution in [-0.4, -0.2) is 17.3 Å². The molecule has 16 heavy (non-hydrogen) atoms. The van der Waals surface area contributed by atoms with Crippen molar-refractivity contribution in [2.45, 2.75) is 17.8 Å². The van der Waals surface area contributed by atoms with E-state index < -0.39 is 0 Å². The minimum atomic E-state index is 0.869. The normalized spacial score (nSPS) is 10.8. The molecule has 2 rings (SSSR count). The van der Waals surface area contributed by atoms with E-state index in [1.165, 1.54) is 5.56 Å². The molecule has 3 nitrogen and oxygen atoms in total. The van der Waals surface area contributed by atoms with Crippen molar-refractivity contribution in [3.63, 3.8) is 0 Å². The van der Waals surface area contributed by atoms with Crippen LogP contribution in [0.2, 0.25) is 0 Å². The molecular formula is C11H14N2OS2. The smallest absolute Gasteiger partial charge is 0.150 e. The van der Waals surface area contributed by atoms with Gasteiger partial charge in [0.1, 0.15) is 4.34 Å². The Morgan fingerprint density at radius 3 is 3.19 bits per heavy atom. The van der Waals surface area contributed by atoms with Gasteiger partial charge in [-0.3, -0.25) is 0 Å². The zero-order valence-electron chi connectivity index (χ0n) is 9.10. The standard InChI is InChI=1S/C11H14N2OS2/c1-9-8-16-11(13-9)15-5-3-12-6-10-2-4-14-7-10/h2,4,7-8,12H,3,5-6H2,1H3. The summed E-state index contributed by atoms with van der Waals surface area (Å²) in [5, 5.41) is 5.45. The Balaban J connectivity index is 1.59. The molecule has 0 saturated carbocycles. The topological polar surface area (TPSA) is 38.1 Å². The molecule has 0 radical (unpaired) electrons. The van der Waals surface area contributed by atoms with Crippen LogP contribution in [0.15, 0.2) is 32.7 Å². The fourth-order valence-corrected chi connectivity index (χ4v) is 3.05. The van der Waals surface area contributed by atoms with E-state index in [0.29, 0.717) is 0 Å². The molecule has 0 bridgehead atoms. The molecule has 2 heterocycles. The van der Waals surface area contributed by atoms with Crippen LogP contribution in [0.5, 0.6) is 0 Å². The van der Waals surface area contributed by atoms with Crippen LogP contribution < -0.4 is 5.32 Å². The van der Waals surface area contributed by atoms with Gasteiger partial charge in [0.25, 0.3) is 0 Å². The van der Waals surface area contributed by atoms with Gasteiger partial charge in [0, 0.05) is 35.5 Å². The Morgan fingerprint density at radius 1 is 1.56 bits per heavy atom. The van der Waals surface area contributed by atoms with Crippen LogP contribution in [0.3, 0.4) is 0 Å². The first-order valence-corrected chi connectivity index (χ1v) is 6.98. The lowest BCUT2D eigenvalue weighted by Gasteiger charge is -2.00. The lowest BCUT2D eigenvalue weighted by Crippen LogP contribution is -2.15. The first-order chi connectivity index (χ1) is 7.84. The van der Waals surface area contributed by atoms with Crippen LogP contribution in [0.4, 0.5) is 0 Å². The molecule has 1 N–H and O–H groups in total. The number of furan rings is 1. The van der Waals surface area contributed by atoms with Crippen molar-refractivity contribution in [3.8, 4) is 0 Å². The van der Waals surface area contributed by atoms with Gasteiger partial charge in [-0.25, -0.2) is 4.98 Å². The summed E-state index contributed by atoms with van der Waals surface area (Å²) >= 11 is 3.51. The van der Waals surface area contributed by atoms with Crippen LogP contribution >= 0.6 is 23.1 Å². The van der Waals surface area contributed by atoms with Crippen molar-refractivity contribution in [1.82, 2.24) is 10.3 Å².